The smallest absolute Gasteiger partial charge is 0.489 e. The first-order chi connectivity index (χ1) is 4.24. The summed E-state index contributed by atoms with van der Waals surface area (Å²) < 4.78 is 0. The van der Waals surface area contributed by atoms with E-state index in [1.165, 1.54) is 0 Å². The van der Waals surface area contributed by atoms with E-state index in [2.05, 4.69) is 0 Å². The van der Waals surface area contributed by atoms with Crippen molar-refractivity contribution < 1.29 is 24.0 Å². The van der Waals surface area contributed by atoms with Crippen molar-refractivity contribution in [3.8, 4) is 0 Å². The standard InChI is InChI=1S/3CH3N2.H2I.Pb/c3*2-1-3;;/h3*1H,(H2-,2,3);1H2;/q3*-1;+1;+2. The number of hydrogen-bond donors (Lipinski definition) is 3. The van der Waals surface area contributed by atoms with Crippen molar-refractivity contribution in [2.24, 2.45) is 0 Å². The summed E-state index contributed by atoms with van der Waals surface area (Å²) in [6, 6.07) is 0. The van der Waals surface area contributed by atoms with Crippen molar-refractivity contribution in [3.05, 3.63) is 17.2 Å². The molecular weight excluding hydrogens is 454 g/mol. The van der Waals surface area contributed by atoms with Gasteiger partial charge in [0.05, 0.1) is 0 Å². The topological polar surface area (TPSA) is 143 Å². The molecule has 0 saturated heterocycles. The Kier molecular flexibility index (Phi) is 244. The van der Waals surface area contributed by atoms with E-state index >= 15 is 0 Å². The zero-order valence-corrected chi connectivity index (χ0v) is 12.1. The Bertz CT molecular complexity index is 54.6. The molecule has 0 heterocycles. The van der Waals surface area contributed by atoms with Crippen LogP contribution in [0.1, 0.15) is 0 Å². The fourth-order valence-electron chi connectivity index (χ4n) is 0. The Labute approximate surface area is 103 Å². The van der Waals surface area contributed by atoms with Gasteiger partial charge in [-0.15, -0.1) is 19.0 Å². The molecular formula is C3H11IN6Pb. The molecule has 8 heteroatoms. The minimum atomic E-state index is 0. The number of nitrogens with one attached hydrogen (secondary N) is 6. The maximum atomic E-state index is 5.75. The predicted molar refractivity (Wildman–Crippen MR) is 47.9 cm³/mol. The molecule has 2 radical (unpaired) electrons. The minimum Gasteiger partial charge on any atom is -0.489 e. The molecule has 0 aromatic rings. The number of halogens is 1. The van der Waals surface area contributed by atoms with Crippen molar-refractivity contribution in [3.63, 3.8) is 0 Å². The minimum absolute atomic E-state index is 0. The summed E-state index contributed by atoms with van der Waals surface area (Å²) in [7, 11) is 0. The van der Waals surface area contributed by atoms with Crippen molar-refractivity contribution in [2.75, 3.05) is 0 Å². The maximum Gasteiger partial charge on any atom is 2.00 e. The van der Waals surface area contributed by atoms with Crippen LogP contribution in [0, 0.1) is 16.2 Å². The van der Waals surface area contributed by atoms with Gasteiger partial charge in [-0.3, -0.25) is 0 Å². The zero-order valence-electron chi connectivity index (χ0n) is 5.68. The molecule has 0 bridgehead atoms. The van der Waals surface area contributed by atoms with Crippen molar-refractivity contribution in [1.29, 1.82) is 16.2 Å². The molecule has 0 saturated carbocycles. The van der Waals surface area contributed by atoms with Gasteiger partial charge in [0.15, 0.2) is 0 Å². The molecule has 0 amide bonds. The van der Waals surface area contributed by atoms with Gasteiger partial charge in [0.25, 0.3) is 0 Å². The van der Waals surface area contributed by atoms with Crippen molar-refractivity contribution >= 4 is 46.3 Å². The molecule has 0 aromatic heterocycles. The monoisotopic (exact) mass is 466 g/mol. The third-order valence-corrected chi connectivity index (χ3v) is 0. The van der Waals surface area contributed by atoms with Gasteiger partial charge in [0.1, 0.15) is 0 Å². The van der Waals surface area contributed by atoms with Crippen LogP contribution in [0.5, 0.6) is 0 Å². The zero-order chi connectivity index (χ0) is 8.12. The van der Waals surface area contributed by atoms with Crippen LogP contribution in [0.2, 0.25) is 0 Å². The molecule has 0 aliphatic rings. The van der Waals surface area contributed by atoms with E-state index in [1.54, 1.807) is 0 Å². The predicted octanol–water partition coefficient (Wildman–Crippen LogP) is -1.98. The van der Waals surface area contributed by atoms with E-state index in [9.17, 15) is 0 Å². The van der Waals surface area contributed by atoms with Crippen molar-refractivity contribution in [1.82, 2.24) is 0 Å². The quantitative estimate of drug-likeness (QED) is 0.158. The van der Waals surface area contributed by atoms with Crippen LogP contribution in [0.4, 0.5) is 0 Å². The molecule has 0 aliphatic carbocycles. The first-order valence-corrected chi connectivity index (χ1v) is 1.73. The summed E-state index contributed by atoms with van der Waals surface area (Å²) in [5.41, 5.74) is 17.2. The van der Waals surface area contributed by atoms with Crippen LogP contribution in [0.25, 0.3) is 17.2 Å². The Hall–Kier alpha value is 0.0621. The number of hydrogen-bond acceptors (Lipinski definition) is 3. The molecule has 6 nitrogen and oxygen atoms in total. The molecule has 0 aliphatic heterocycles. The van der Waals surface area contributed by atoms with Crippen molar-refractivity contribution in [2.45, 2.75) is 0 Å². The summed E-state index contributed by atoms with van der Waals surface area (Å²) in [6.45, 7) is 0. The Balaban J connectivity index is -0.0000000150. The first-order valence-electron chi connectivity index (χ1n) is 1.73. The summed E-state index contributed by atoms with van der Waals surface area (Å²) in [5.74, 6) is 0. The summed E-state index contributed by atoms with van der Waals surface area (Å²) in [5, 5.41) is 17.2. The summed E-state index contributed by atoms with van der Waals surface area (Å²) >= 11 is 0. The largest absolute Gasteiger partial charge is 2.00 e. The third kappa shape index (κ3) is 170000. The van der Waals surface area contributed by atoms with Crippen LogP contribution >= 0.6 is 0 Å². The maximum absolute atomic E-state index is 5.75. The summed E-state index contributed by atoms with van der Waals surface area (Å²) in [6.07, 6.45) is 1.50. The fraction of sp³-hybridized carbons (Fsp3) is 0. The van der Waals surface area contributed by atoms with E-state index in [4.69, 9.17) is 33.4 Å². The van der Waals surface area contributed by atoms with Crippen LogP contribution in [-0.2, 0) is 0 Å². The average Bonchev–Trinajstić information content (AvgIpc) is 1.70. The molecule has 0 fully saturated rings. The fourth-order valence-corrected chi connectivity index (χ4v) is 0. The van der Waals surface area contributed by atoms with Gasteiger partial charge in [-0.25, -0.2) is 0 Å². The molecule has 0 unspecified atom stereocenters. The second-order valence-electron chi connectivity index (χ2n) is 0.433. The Morgan fingerprint density at radius 1 is 0.727 bits per heavy atom. The Morgan fingerprint density at radius 3 is 0.727 bits per heavy atom. The summed E-state index contributed by atoms with van der Waals surface area (Å²) in [4.78, 5) is 0. The average molecular weight is 465 g/mol. The van der Waals surface area contributed by atoms with E-state index in [1.807, 2.05) is 0 Å². The van der Waals surface area contributed by atoms with Gasteiger partial charge in [-0.05, 0) is 0 Å². The SMILES string of the molecule is N=C[NH-].N=C[NH-].N=C[NH-].[IH2+].[Pb+2]. The molecule has 0 atom stereocenters. The molecule has 0 aromatic carbocycles. The number of rotatable bonds is 0. The van der Waals surface area contributed by atoms with Gasteiger partial charge < -0.3 is 33.4 Å². The van der Waals surface area contributed by atoms with Crippen LogP contribution < -0.4 is 24.0 Å². The van der Waals surface area contributed by atoms with Gasteiger partial charge in [-0.2, -0.15) is 0 Å². The Morgan fingerprint density at radius 2 is 0.727 bits per heavy atom. The molecule has 0 spiro atoms. The van der Waals surface area contributed by atoms with Gasteiger partial charge in [0, 0.05) is 0 Å². The van der Waals surface area contributed by atoms with Crippen LogP contribution in [0.3, 0.4) is 0 Å². The first kappa shape index (κ1) is 30.5. The van der Waals surface area contributed by atoms with Crippen LogP contribution in [-0.4, -0.2) is 46.3 Å². The second kappa shape index (κ2) is 88.1. The van der Waals surface area contributed by atoms with E-state index < -0.39 is 0 Å². The van der Waals surface area contributed by atoms with Gasteiger partial charge in [-0.1, -0.05) is 0 Å². The van der Waals surface area contributed by atoms with Gasteiger partial charge in [0.2, 0.25) is 24.0 Å². The van der Waals surface area contributed by atoms with E-state index in [0.717, 1.165) is 0 Å². The molecule has 64 valence electrons. The van der Waals surface area contributed by atoms with Gasteiger partial charge >= 0.3 is 27.3 Å². The van der Waals surface area contributed by atoms with Crippen LogP contribution in [0.15, 0.2) is 0 Å². The second-order valence-corrected chi connectivity index (χ2v) is 0.433. The molecule has 11 heavy (non-hydrogen) atoms. The third-order valence-electron chi connectivity index (χ3n) is 0. The molecule has 0 rings (SSSR count). The normalized spacial score (nSPS) is 3.27. The van der Waals surface area contributed by atoms with E-state index in [-0.39, 0.29) is 51.3 Å². The molecule has 6 N–H and O–H groups in total. The van der Waals surface area contributed by atoms with E-state index in [0.29, 0.717) is 19.0 Å².